The van der Waals surface area contributed by atoms with Gasteiger partial charge >= 0.3 is 5.97 Å². The third-order valence-electron chi connectivity index (χ3n) is 2.17. The van der Waals surface area contributed by atoms with Crippen LogP contribution in [0.25, 0.3) is 0 Å². The van der Waals surface area contributed by atoms with Crippen LogP contribution < -0.4 is 4.74 Å². The number of carboxylic acid groups (broad SMARTS) is 1. The molecule has 0 aromatic heterocycles. The maximum atomic E-state index is 10.9. The third-order valence-corrected chi connectivity index (χ3v) is 2.17. The van der Waals surface area contributed by atoms with Gasteiger partial charge in [-0.3, -0.25) is 4.79 Å². The standard InChI is InChI=1S/C12H13NO3/c1-12(2,11(14)15)8-16-10-6-4-3-5-9(10)7-13/h3-6H,8H2,1-2H3,(H,14,15). The second kappa shape index (κ2) is 4.67. The first kappa shape index (κ1) is 12.1. The van der Waals surface area contributed by atoms with Crippen molar-refractivity contribution in [2.45, 2.75) is 13.8 Å². The lowest BCUT2D eigenvalue weighted by atomic mass is 9.95. The average molecular weight is 219 g/mol. The van der Waals surface area contributed by atoms with E-state index in [4.69, 9.17) is 15.1 Å². The summed E-state index contributed by atoms with van der Waals surface area (Å²) < 4.78 is 5.35. The highest BCUT2D eigenvalue weighted by atomic mass is 16.5. The van der Waals surface area contributed by atoms with Gasteiger partial charge in [0, 0.05) is 0 Å². The molecule has 0 radical (unpaired) electrons. The summed E-state index contributed by atoms with van der Waals surface area (Å²) in [6.07, 6.45) is 0. The minimum atomic E-state index is -0.970. The number of nitriles is 1. The monoisotopic (exact) mass is 219 g/mol. The topological polar surface area (TPSA) is 70.3 Å². The molecule has 4 nitrogen and oxygen atoms in total. The molecule has 0 amide bonds. The number of benzene rings is 1. The van der Waals surface area contributed by atoms with Crippen LogP contribution in [0.1, 0.15) is 19.4 Å². The van der Waals surface area contributed by atoms with Crippen LogP contribution in [-0.2, 0) is 4.79 Å². The van der Waals surface area contributed by atoms with E-state index in [9.17, 15) is 4.79 Å². The van der Waals surface area contributed by atoms with Crippen LogP contribution in [-0.4, -0.2) is 17.7 Å². The molecule has 0 atom stereocenters. The van der Waals surface area contributed by atoms with Gasteiger partial charge in [0.15, 0.2) is 0 Å². The minimum absolute atomic E-state index is 0.0288. The Kier molecular flexibility index (Phi) is 3.51. The lowest BCUT2D eigenvalue weighted by Gasteiger charge is -2.19. The Morgan fingerprint density at radius 2 is 2.12 bits per heavy atom. The minimum Gasteiger partial charge on any atom is -0.491 e. The van der Waals surface area contributed by atoms with Crippen molar-refractivity contribution in [3.05, 3.63) is 29.8 Å². The lowest BCUT2D eigenvalue weighted by molar-refractivity contribution is -0.148. The molecule has 0 saturated heterocycles. The van der Waals surface area contributed by atoms with Crippen LogP contribution in [0, 0.1) is 16.7 Å². The number of rotatable bonds is 4. The first-order chi connectivity index (χ1) is 7.47. The van der Waals surface area contributed by atoms with Gasteiger partial charge < -0.3 is 9.84 Å². The Morgan fingerprint density at radius 1 is 1.50 bits per heavy atom. The molecular formula is C12H13NO3. The Balaban J connectivity index is 2.76. The average Bonchev–Trinajstić information content (AvgIpc) is 2.26. The fraction of sp³-hybridized carbons (Fsp3) is 0.333. The Bertz CT molecular complexity index is 432. The normalized spacial score (nSPS) is 10.6. The molecule has 0 aliphatic rings. The summed E-state index contributed by atoms with van der Waals surface area (Å²) in [5, 5.41) is 17.7. The molecule has 0 heterocycles. The molecule has 16 heavy (non-hydrogen) atoms. The zero-order valence-corrected chi connectivity index (χ0v) is 9.23. The van der Waals surface area contributed by atoms with E-state index in [1.807, 2.05) is 6.07 Å². The number of aliphatic carboxylic acids is 1. The molecule has 0 aliphatic heterocycles. The molecule has 0 unspecified atom stereocenters. The zero-order valence-electron chi connectivity index (χ0n) is 9.23. The van der Waals surface area contributed by atoms with Crippen LogP contribution in [0.5, 0.6) is 5.75 Å². The van der Waals surface area contributed by atoms with Crippen LogP contribution in [0.4, 0.5) is 0 Å². The van der Waals surface area contributed by atoms with Crippen molar-refractivity contribution in [2.75, 3.05) is 6.61 Å². The van der Waals surface area contributed by atoms with Crippen LogP contribution >= 0.6 is 0 Å². The molecule has 1 rings (SSSR count). The third kappa shape index (κ3) is 2.74. The van der Waals surface area contributed by atoms with Gasteiger partial charge in [-0.25, -0.2) is 0 Å². The van der Waals surface area contributed by atoms with Crippen LogP contribution in [0.15, 0.2) is 24.3 Å². The number of hydrogen-bond acceptors (Lipinski definition) is 3. The van der Waals surface area contributed by atoms with Crippen molar-refractivity contribution in [1.82, 2.24) is 0 Å². The largest absolute Gasteiger partial charge is 0.491 e. The summed E-state index contributed by atoms with van der Waals surface area (Å²) in [5.74, 6) is -0.513. The van der Waals surface area contributed by atoms with Gasteiger partial charge in [0.2, 0.25) is 0 Å². The van der Waals surface area contributed by atoms with E-state index in [0.717, 1.165) is 0 Å². The smallest absolute Gasteiger partial charge is 0.312 e. The molecule has 0 aliphatic carbocycles. The number of hydrogen-bond donors (Lipinski definition) is 1. The first-order valence-electron chi connectivity index (χ1n) is 4.83. The van der Waals surface area contributed by atoms with Gasteiger partial charge in [-0.05, 0) is 26.0 Å². The summed E-state index contributed by atoms with van der Waals surface area (Å²) in [7, 11) is 0. The van der Waals surface area contributed by atoms with Crippen LogP contribution in [0.2, 0.25) is 0 Å². The molecule has 1 aromatic rings. The Labute approximate surface area is 94.1 Å². The molecule has 1 N–H and O–H groups in total. The van der Waals surface area contributed by atoms with Gasteiger partial charge in [-0.2, -0.15) is 5.26 Å². The van der Waals surface area contributed by atoms with Gasteiger partial charge in [0.1, 0.15) is 18.4 Å². The fourth-order valence-electron chi connectivity index (χ4n) is 1.00. The number of carboxylic acids is 1. The van der Waals surface area contributed by atoms with E-state index in [2.05, 4.69) is 0 Å². The lowest BCUT2D eigenvalue weighted by Crippen LogP contribution is -2.30. The SMILES string of the molecule is CC(C)(COc1ccccc1C#N)C(=O)O. The van der Waals surface area contributed by atoms with E-state index in [1.54, 1.807) is 38.1 Å². The van der Waals surface area contributed by atoms with Gasteiger partial charge in [0.25, 0.3) is 0 Å². The zero-order chi connectivity index (χ0) is 12.2. The molecule has 84 valence electrons. The fourth-order valence-corrected chi connectivity index (χ4v) is 1.00. The molecule has 0 bridgehead atoms. The molecule has 0 saturated carbocycles. The summed E-state index contributed by atoms with van der Waals surface area (Å²) in [6, 6.07) is 8.74. The van der Waals surface area contributed by atoms with E-state index in [1.165, 1.54) is 0 Å². The predicted octanol–water partition coefficient (Wildman–Crippen LogP) is 2.05. The van der Waals surface area contributed by atoms with Gasteiger partial charge in [-0.15, -0.1) is 0 Å². The van der Waals surface area contributed by atoms with Crippen molar-refractivity contribution < 1.29 is 14.6 Å². The van der Waals surface area contributed by atoms with Crippen LogP contribution in [0.3, 0.4) is 0 Å². The number of ether oxygens (including phenoxy) is 1. The second-order valence-electron chi connectivity index (χ2n) is 4.09. The van der Waals surface area contributed by atoms with Crippen molar-refractivity contribution in [2.24, 2.45) is 5.41 Å². The van der Waals surface area contributed by atoms with E-state index in [-0.39, 0.29) is 6.61 Å². The first-order valence-corrected chi connectivity index (χ1v) is 4.83. The number of carbonyl (C=O) groups is 1. The summed E-state index contributed by atoms with van der Waals surface area (Å²) in [5.41, 5.74) is -0.563. The summed E-state index contributed by atoms with van der Waals surface area (Å²) in [6.45, 7) is 3.18. The van der Waals surface area contributed by atoms with Crippen molar-refractivity contribution in [3.63, 3.8) is 0 Å². The van der Waals surface area contributed by atoms with Crippen molar-refractivity contribution in [1.29, 1.82) is 5.26 Å². The molecule has 4 heteroatoms. The molecule has 0 spiro atoms. The molecule has 1 aromatic carbocycles. The van der Waals surface area contributed by atoms with E-state index >= 15 is 0 Å². The number of nitrogens with zero attached hydrogens (tertiary/aromatic N) is 1. The van der Waals surface area contributed by atoms with E-state index in [0.29, 0.717) is 11.3 Å². The maximum absolute atomic E-state index is 10.9. The van der Waals surface area contributed by atoms with Gasteiger partial charge in [0.05, 0.1) is 11.0 Å². The summed E-state index contributed by atoms with van der Waals surface area (Å²) >= 11 is 0. The Morgan fingerprint density at radius 3 is 2.69 bits per heavy atom. The highest BCUT2D eigenvalue weighted by Crippen LogP contribution is 2.21. The molecular weight excluding hydrogens is 206 g/mol. The van der Waals surface area contributed by atoms with E-state index < -0.39 is 11.4 Å². The summed E-state index contributed by atoms with van der Waals surface area (Å²) in [4.78, 5) is 10.9. The highest BCUT2D eigenvalue weighted by Gasteiger charge is 2.28. The number of para-hydroxylation sites is 1. The second-order valence-corrected chi connectivity index (χ2v) is 4.09. The highest BCUT2D eigenvalue weighted by molar-refractivity contribution is 5.73. The Hall–Kier alpha value is -2.02. The quantitative estimate of drug-likeness (QED) is 0.841. The predicted molar refractivity (Wildman–Crippen MR) is 58.1 cm³/mol. The molecule has 0 fully saturated rings. The maximum Gasteiger partial charge on any atom is 0.312 e. The van der Waals surface area contributed by atoms with Gasteiger partial charge in [-0.1, -0.05) is 12.1 Å². The van der Waals surface area contributed by atoms with Crippen molar-refractivity contribution in [3.8, 4) is 11.8 Å². The van der Waals surface area contributed by atoms with Crippen molar-refractivity contribution >= 4 is 5.97 Å².